The van der Waals surface area contributed by atoms with E-state index < -0.39 is 17.0 Å². The summed E-state index contributed by atoms with van der Waals surface area (Å²) in [7, 11) is 0. The van der Waals surface area contributed by atoms with Gasteiger partial charge >= 0.3 is 0 Å². The second-order valence-electron chi connectivity index (χ2n) is 9.60. The summed E-state index contributed by atoms with van der Waals surface area (Å²) in [5.74, 6) is -0.812. The Morgan fingerprint density at radius 2 is 1.56 bits per heavy atom. The molecule has 0 fully saturated rings. The first kappa shape index (κ1) is 28.8. The lowest BCUT2D eigenvalue weighted by atomic mass is 10.1. The van der Waals surface area contributed by atoms with Crippen molar-refractivity contribution in [2.24, 2.45) is 5.10 Å². The molecule has 0 saturated heterocycles. The Hall–Kier alpha value is -4.35. The van der Waals surface area contributed by atoms with Crippen LogP contribution < -0.4 is 26.8 Å². The first-order chi connectivity index (χ1) is 20.5. The third kappa shape index (κ3) is 4.82. The Morgan fingerprint density at radius 3 is 2.21 bits per heavy atom. The second-order valence-corrected chi connectivity index (χ2v) is 11.3. The van der Waals surface area contributed by atoms with Gasteiger partial charge in [-0.15, -0.1) is 5.10 Å². The number of anilines is 1. The lowest BCUT2D eigenvalue weighted by Gasteiger charge is -2.13. The summed E-state index contributed by atoms with van der Waals surface area (Å²) in [6.45, 7) is 3.30. The van der Waals surface area contributed by atoms with Crippen molar-refractivity contribution in [3.8, 4) is 11.6 Å². The Kier molecular flexibility index (Phi) is 7.18. The highest BCUT2D eigenvalue weighted by Crippen LogP contribution is 2.31. The van der Waals surface area contributed by atoms with E-state index in [1.807, 2.05) is 0 Å². The van der Waals surface area contributed by atoms with Crippen LogP contribution >= 0.6 is 46.4 Å². The number of H-pyrrole nitrogens is 2. The maximum Gasteiger partial charge on any atom is 0.282 e. The predicted molar refractivity (Wildman–Crippen MR) is 167 cm³/mol. The third-order valence-electron chi connectivity index (χ3n) is 7.02. The molecule has 1 aliphatic heterocycles. The smallest absolute Gasteiger partial charge is 0.282 e. The number of aromatic nitrogens is 4. The van der Waals surface area contributed by atoms with Gasteiger partial charge in [0.15, 0.2) is 11.1 Å². The van der Waals surface area contributed by atoms with Gasteiger partial charge in [0.2, 0.25) is 5.88 Å². The zero-order valence-electron chi connectivity index (χ0n) is 22.2. The number of aromatic hydroxyl groups is 1. The Balaban J connectivity index is 1.40. The average molecular weight is 656 g/mol. The quantitative estimate of drug-likeness (QED) is 0.250. The van der Waals surface area contributed by atoms with E-state index in [1.165, 1.54) is 35.0 Å². The highest BCUT2D eigenvalue weighted by molar-refractivity contribution is 6.37. The van der Waals surface area contributed by atoms with Crippen LogP contribution in [-0.2, 0) is 0 Å². The van der Waals surface area contributed by atoms with Crippen LogP contribution in [-0.4, -0.2) is 30.8 Å². The number of halogens is 4. The number of hydrogen-bond acceptors (Lipinski definition) is 6. The molecule has 10 nitrogen and oxygen atoms in total. The molecular weight excluding hydrogens is 638 g/mol. The molecule has 0 radical (unpaired) electrons. The minimum atomic E-state index is -0.482. The summed E-state index contributed by atoms with van der Waals surface area (Å²) in [5, 5.41) is 20.6. The van der Waals surface area contributed by atoms with Gasteiger partial charge in [0.1, 0.15) is 0 Å². The Labute approximate surface area is 261 Å². The molecule has 0 saturated carbocycles. The summed E-state index contributed by atoms with van der Waals surface area (Å²) < 4.78 is 1.22. The number of amides is 1. The molecule has 14 heteroatoms. The van der Waals surface area contributed by atoms with Gasteiger partial charge < -0.3 is 10.1 Å². The zero-order chi connectivity index (χ0) is 30.7. The van der Waals surface area contributed by atoms with Gasteiger partial charge in [-0.05, 0) is 73.5 Å². The summed E-state index contributed by atoms with van der Waals surface area (Å²) in [6.07, 6.45) is 4.53. The lowest BCUT2D eigenvalue weighted by Crippen LogP contribution is -2.38. The molecule has 0 atom stereocenters. The Morgan fingerprint density at radius 1 is 0.907 bits per heavy atom. The number of allylic oxidation sites excluding steroid dienone is 1. The molecule has 43 heavy (non-hydrogen) atoms. The molecule has 3 N–H and O–H groups in total. The number of carbonyl (C=O) groups excluding carboxylic acids is 1. The third-order valence-corrected chi connectivity index (χ3v) is 8.10. The van der Waals surface area contributed by atoms with E-state index in [4.69, 9.17) is 46.4 Å². The molecule has 3 aromatic heterocycles. The lowest BCUT2D eigenvalue weighted by molar-refractivity contribution is 0.0994. The van der Waals surface area contributed by atoms with Crippen LogP contribution in [0.3, 0.4) is 0 Å². The fraction of sp³-hybridized carbons (Fsp3) is 0.0690. The van der Waals surface area contributed by atoms with E-state index >= 15 is 0 Å². The highest BCUT2D eigenvalue weighted by atomic mass is 35.5. The predicted octanol–water partition coefficient (Wildman–Crippen LogP) is 5.03. The van der Waals surface area contributed by atoms with E-state index in [2.05, 4.69) is 20.2 Å². The van der Waals surface area contributed by atoms with E-state index in [-0.39, 0.29) is 48.8 Å². The summed E-state index contributed by atoms with van der Waals surface area (Å²) in [4.78, 5) is 46.4. The van der Waals surface area contributed by atoms with E-state index in [1.54, 1.807) is 38.1 Å². The number of aryl methyl sites for hydroxylation is 1. The molecule has 1 amide bonds. The van der Waals surface area contributed by atoms with Gasteiger partial charge in [-0.3, -0.25) is 19.5 Å². The van der Waals surface area contributed by atoms with Crippen LogP contribution in [0.2, 0.25) is 20.1 Å². The van der Waals surface area contributed by atoms with Crippen molar-refractivity contribution in [3.63, 3.8) is 0 Å². The summed E-state index contributed by atoms with van der Waals surface area (Å²) in [5.41, 5.74) is 1.34. The van der Waals surface area contributed by atoms with Crippen LogP contribution in [0.25, 0.3) is 28.9 Å². The fourth-order valence-electron chi connectivity index (χ4n) is 4.91. The molecule has 6 rings (SSSR count). The van der Waals surface area contributed by atoms with Crippen LogP contribution in [0.1, 0.15) is 27.0 Å². The highest BCUT2D eigenvalue weighted by Gasteiger charge is 2.29. The van der Waals surface area contributed by atoms with Crippen molar-refractivity contribution in [1.82, 2.24) is 19.7 Å². The number of fused-ring (bicyclic) bond motifs is 2. The molecular formula is C29H18Cl4N6O4. The molecule has 216 valence electrons. The maximum atomic E-state index is 13.3. The minimum absolute atomic E-state index is 0.104. The van der Waals surface area contributed by atoms with Crippen LogP contribution in [0.5, 0.6) is 5.88 Å². The van der Waals surface area contributed by atoms with E-state index in [0.29, 0.717) is 32.5 Å². The number of pyridine rings is 2. The van der Waals surface area contributed by atoms with Crippen molar-refractivity contribution in [2.45, 2.75) is 13.8 Å². The van der Waals surface area contributed by atoms with E-state index in [0.717, 1.165) is 5.01 Å². The standard InChI is InChI=1S/C29H18Cl4N6O4/c1-12-16(26(40)34-24-22(12)28(42)38(36-24)20-8-6-14(30)10-18(20)32)4-3-5-17-13(2)23-25(35-27(17)41)37-39(29(23)43)21-9-7-15(31)11-19(21)33/h3-11H,1-2H3,(H,34,36,40)(H2,35,37,41). The molecule has 4 heterocycles. The fourth-order valence-corrected chi connectivity index (χ4v) is 5.89. The van der Waals surface area contributed by atoms with Gasteiger partial charge in [-0.1, -0.05) is 52.5 Å². The number of aromatic amines is 2. The molecule has 0 aliphatic carbocycles. The molecule has 1 aliphatic rings. The van der Waals surface area contributed by atoms with Gasteiger partial charge in [0.25, 0.3) is 17.0 Å². The van der Waals surface area contributed by atoms with Crippen molar-refractivity contribution < 1.29 is 9.90 Å². The summed E-state index contributed by atoms with van der Waals surface area (Å²) in [6, 6.07) is 9.31. The van der Waals surface area contributed by atoms with Crippen molar-refractivity contribution >= 4 is 81.2 Å². The first-order valence-electron chi connectivity index (χ1n) is 12.6. The number of benzene rings is 2. The van der Waals surface area contributed by atoms with Gasteiger partial charge in [0, 0.05) is 20.8 Å². The minimum Gasteiger partial charge on any atom is -0.493 e. The van der Waals surface area contributed by atoms with Gasteiger partial charge in [-0.2, -0.15) is 9.99 Å². The summed E-state index contributed by atoms with van der Waals surface area (Å²) >= 11 is 24.5. The monoisotopic (exact) mass is 654 g/mol. The largest absolute Gasteiger partial charge is 0.493 e. The first-order valence-corrected chi connectivity index (χ1v) is 14.1. The van der Waals surface area contributed by atoms with Crippen molar-refractivity contribution in [1.29, 1.82) is 0 Å². The van der Waals surface area contributed by atoms with Crippen molar-refractivity contribution in [3.05, 3.63) is 116 Å². The molecule has 2 aromatic carbocycles. The Bertz CT molecular complexity index is 2310. The SMILES string of the molecule is Cc1c2c([nH]c(=O)c1=CC=Cc1c(O)nc3[nH]n(-c4ccc(Cl)cc4Cl)c(=O)c3c1C)=NN(c1ccc(Cl)cc1Cl)C2=O. The molecule has 0 unspecified atom stereocenters. The number of nitrogens with zero attached hydrogens (tertiary/aromatic N) is 4. The number of carbonyl (C=O) groups is 1. The molecule has 0 spiro atoms. The second kappa shape index (κ2) is 10.7. The normalized spacial score (nSPS) is 13.4. The topological polar surface area (TPSA) is 136 Å². The van der Waals surface area contributed by atoms with Gasteiger partial charge in [0.05, 0.1) is 32.4 Å². The molecule has 5 aromatic rings. The zero-order valence-corrected chi connectivity index (χ0v) is 25.2. The maximum absolute atomic E-state index is 13.3. The number of hydrogen-bond donors (Lipinski definition) is 3. The molecule has 0 bridgehead atoms. The van der Waals surface area contributed by atoms with Crippen LogP contribution in [0.15, 0.2) is 57.2 Å². The van der Waals surface area contributed by atoms with E-state index in [9.17, 15) is 19.5 Å². The average Bonchev–Trinajstić information content (AvgIpc) is 3.43. The number of rotatable bonds is 4. The van der Waals surface area contributed by atoms with Crippen molar-refractivity contribution in [2.75, 3.05) is 5.01 Å². The number of nitrogens with one attached hydrogen (secondary N) is 2. The van der Waals surface area contributed by atoms with Crippen LogP contribution in [0, 0.1) is 13.8 Å². The van der Waals surface area contributed by atoms with Gasteiger partial charge in [-0.25, -0.2) is 4.68 Å². The van der Waals surface area contributed by atoms with Crippen LogP contribution in [0.4, 0.5) is 5.69 Å².